The summed E-state index contributed by atoms with van der Waals surface area (Å²) in [4.78, 5) is 21.9. The highest BCUT2D eigenvalue weighted by Crippen LogP contribution is 2.39. The maximum absolute atomic E-state index is 11.1. The van der Waals surface area contributed by atoms with Crippen LogP contribution in [0.2, 0.25) is 0 Å². The number of anilines is 1. The van der Waals surface area contributed by atoms with Gasteiger partial charge in [-0.3, -0.25) is 14.6 Å². The highest BCUT2D eigenvalue weighted by Gasteiger charge is 2.34. The first-order chi connectivity index (χ1) is 8.46. The zero-order chi connectivity index (χ0) is 13.3. The second kappa shape index (κ2) is 4.27. The topological polar surface area (TPSA) is 66.4 Å². The van der Waals surface area contributed by atoms with E-state index < -0.39 is 6.09 Å². The number of para-hydroxylation sites is 1. The summed E-state index contributed by atoms with van der Waals surface area (Å²) in [6, 6.07) is 5.46. The predicted molar refractivity (Wildman–Crippen MR) is 69.6 cm³/mol. The number of rotatable bonds is 2. The van der Waals surface area contributed by atoms with Crippen molar-refractivity contribution in [3.63, 3.8) is 0 Å². The number of carbonyl (C=O) groups excluding carboxylic acids is 1. The molecule has 2 rings (SSSR count). The van der Waals surface area contributed by atoms with Gasteiger partial charge in [0, 0.05) is 12.0 Å². The highest BCUT2D eigenvalue weighted by atomic mass is 16.4. The van der Waals surface area contributed by atoms with Crippen LogP contribution in [0.3, 0.4) is 0 Å². The summed E-state index contributed by atoms with van der Waals surface area (Å²) < 4.78 is 0.245. The van der Waals surface area contributed by atoms with Crippen LogP contribution in [0.1, 0.15) is 5.56 Å². The molecule has 1 aliphatic heterocycles. The van der Waals surface area contributed by atoms with Crippen molar-refractivity contribution in [2.75, 3.05) is 19.4 Å². The Hall–Kier alpha value is -2.14. The second-order valence-electron chi connectivity index (χ2n) is 4.65. The molecule has 1 amide bonds. The molecule has 0 fully saturated rings. The average molecular weight is 247 g/mol. The zero-order valence-corrected chi connectivity index (χ0v) is 10.3. The molecule has 0 unspecified atom stereocenters. The fraction of sp³-hybridized carbons (Fsp3) is 0.231. The van der Waals surface area contributed by atoms with E-state index >= 15 is 0 Å². The van der Waals surface area contributed by atoms with Crippen LogP contribution in [-0.2, 0) is 11.2 Å². The van der Waals surface area contributed by atoms with E-state index in [1.807, 2.05) is 32.3 Å². The zero-order valence-electron chi connectivity index (χ0n) is 10.3. The number of amides is 1. The Labute approximate surface area is 105 Å². The monoisotopic (exact) mass is 247 g/mol. The van der Waals surface area contributed by atoms with Crippen molar-refractivity contribution in [2.45, 2.75) is 6.42 Å². The minimum absolute atomic E-state index is 0.245. The second-order valence-corrected chi connectivity index (χ2v) is 4.65. The van der Waals surface area contributed by atoms with Crippen LogP contribution in [-0.4, -0.2) is 31.6 Å². The quantitative estimate of drug-likeness (QED) is 0.620. The Morgan fingerprint density at radius 3 is 2.78 bits per heavy atom. The Balaban J connectivity index is 2.59. The maximum atomic E-state index is 11.1. The number of aldehydes is 1. The van der Waals surface area contributed by atoms with Gasteiger partial charge in [0.1, 0.15) is 5.69 Å². The SMILES string of the molecule is C[N+]1(C)C(C=O)=CCc2cccc(NC(=O)O)c21. The molecule has 0 saturated carbocycles. The summed E-state index contributed by atoms with van der Waals surface area (Å²) in [5.74, 6) is 0. The molecule has 1 aromatic carbocycles. The summed E-state index contributed by atoms with van der Waals surface area (Å²) in [5, 5.41) is 11.3. The lowest BCUT2D eigenvalue weighted by Crippen LogP contribution is -2.43. The number of carboxylic acid groups (broad SMARTS) is 1. The summed E-state index contributed by atoms with van der Waals surface area (Å²) in [6.45, 7) is 0. The number of fused-ring (bicyclic) bond motifs is 1. The first kappa shape index (κ1) is 12.3. The third kappa shape index (κ3) is 1.89. The Morgan fingerprint density at radius 1 is 1.44 bits per heavy atom. The molecule has 0 spiro atoms. The molecule has 0 radical (unpaired) electrons. The van der Waals surface area contributed by atoms with Gasteiger partial charge in [0.15, 0.2) is 11.4 Å². The first-order valence-electron chi connectivity index (χ1n) is 5.59. The molecule has 0 aromatic heterocycles. The van der Waals surface area contributed by atoms with Crippen molar-refractivity contribution < 1.29 is 14.7 Å². The molecule has 18 heavy (non-hydrogen) atoms. The third-order valence-electron chi connectivity index (χ3n) is 3.22. The highest BCUT2D eigenvalue weighted by molar-refractivity contribution is 5.91. The Kier molecular flexibility index (Phi) is 2.92. The average Bonchev–Trinajstić information content (AvgIpc) is 2.27. The minimum atomic E-state index is -1.11. The van der Waals surface area contributed by atoms with Gasteiger partial charge in [-0.25, -0.2) is 4.79 Å². The number of carbonyl (C=O) groups is 2. The standard InChI is InChI=1S/C13H14N2O3/c1-15(2)10(8-16)7-6-9-4-3-5-11(12(9)15)14-13(17)18/h3-5,7-8,14H,6H2,1-2H3/p+1. The van der Waals surface area contributed by atoms with Crippen molar-refractivity contribution in [1.29, 1.82) is 0 Å². The van der Waals surface area contributed by atoms with Crippen LogP contribution in [0.4, 0.5) is 16.2 Å². The number of quaternary nitrogens is 1. The van der Waals surface area contributed by atoms with E-state index in [9.17, 15) is 9.59 Å². The van der Waals surface area contributed by atoms with Gasteiger partial charge in [0.2, 0.25) is 6.29 Å². The van der Waals surface area contributed by atoms with Crippen LogP contribution in [0.25, 0.3) is 0 Å². The molecule has 1 heterocycles. The minimum Gasteiger partial charge on any atom is -0.465 e. The molecule has 2 N–H and O–H groups in total. The largest absolute Gasteiger partial charge is 0.465 e. The van der Waals surface area contributed by atoms with Crippen LogP contribution in [0, 0.1) is 0 Å². The lowest BCUT2D eigenvalue weighted by Gasteiger charge is -2.34. The first-order valence-corrected chi connectivity index (χ1v) is 5.59. The molecule has 5 nitrogen and oxygen atoms in total. The molecule has 5 heteroatoms. The maximum Gasteiger partial charge on any atom is 0.409 e. The molecule has 1 aliphatic rings. The molecule has 0 aliphatic carbocycles. The number of likely N-dealkylation sites (N-methyl/N-ethyl adjacent to an activating group) is 1. The number of hydrogen-bond donors (Lipinski definition) is 2. The van der Waals surface area contributed by atoms with Gasteiger partial charge in [-0.1, -0.05) is 12.1 Å². The summed E-state index contributed by atoms with van der Waals surface area (Å²) in [6.07, 6.45) is 2.23. The van der Waals surface area contributed by atoms with E-state index in [1.54, 1.807) is 6.07 Å². The van der Waals surface area contributed by atoms with E-state index in [-0.39, 0.29) is 4.48 Å². The van der Waals surface area contributed by atoms with Gasteiger partial charge in [0.05, 0.1) is 14.1 Å². The van der Waals surface area contributed by atoms with Crippen LogP contribution >= 0.6 is 0 Å². The smallest absolute Gasteiger partial charge is 0.409 e. The van der Waals surface area contributed by atoms with Crippen molar-refractivity contribution in [2.24, 2.45) is 0 Å². The van der Waals surface area contributed by atoms with Crippen LogP contribution in [0.5, 0.6) is 0 Å². The normalized spacial score (nSPS) is 16.4. The van der Waals surface area contributed by atoms with E-state index in [4.69, 9.17) is 5.11 Å². The van der Waals surface area contributed by atoms with Crippen molar-refractivity contribution in [3.05, 3.63) is 35.5 Å². The van der Waals surface area contributed by atoms with Gasteiger partial charge in [0.25, 0.3) is 0 Å². The van der Waals surface area contributed by atoms with E-state index in [0.717, 1.165) is 17.5 Å². The predicted octanol–water partition coefficient (Wildman–Crippen LogP) is 1.98. The number of hydrogen-bond acceptors (Lipinski definition) is 2. The van der Waals surface area contributed by atoms with Crippen LogP contribution < -0.4 is 9.80 Å². The number of nitrogens with zero attached hydrogens (tertiary/aromatic N) is 1. The summed E-state index contributed by atoms with van der Waals surface area (Å²) in [7, 11) is 3.73. The van der Waals surface area contributed by atoms with Gasteiger partial charge in [-0.15, -0.1) is 0 Å². The Morgan fingerprint density at radius 2 is 2.17 bits per heavy atom. The van der Waals surface area contributed by atoms with Gasteiger partial charge < -0.3 is 5.11 Å². The Bertz CT molecular complexity index is 547. The van der Waals surface area contributed by atoms with E-state index in [1.165, 1.54) is 0 Å². The van der Waals surface area contributed by atoms with E-state index in [0.29, 0.717) is 17.8 Å². The van der Waals surface area contributed by atoms with Crippen molar-refractivity contribution in [3.8, 4) is 0 Å². The molecule has 0 atom stereocenters. The number of nitrogens with one attached hydrogen (secondary N) is 1. The lowest BCUT2D eigenvalue weighted by molar-refractivity contribution is -0.105. The van der Waals surface area contributed by atoms with Crippen LogP contribution in [0.15, 0.2) is 30.0 Å². The number of allylic oxidation sites excluding steroid dienone is 2. The van der Waals surface area contributed by atoms with Gasteiger partial charge >= 0.3 is 6.09 Å². The molecule has 0 bridgehead atoms. The lowest BCUT2D eigenvalue weighted by atomic mass is 10.00. The van der Waals surface area contributed by atoms with Gasteiger partial charge in [-0.05, 0) is 12.1 Å². The number of benzene rings is 1. The van der Waals surface area contributed by atoms with Crippen molar-refractivity contribution in [1.82, 2.24) is 4.48 Å². The molecule has 0 saturated heterocycles. The van der Waals surface area contributed by atoms with E-state index in [2.05, 4.69) is 5.32 Å². The van der Waals surface area contributed by atoms with Gasteiger partial charge in [-0.2, -0.15) is 0 Å². The summed E-state index contributed by atoms with van der Waals surface area (Å²) >= 11 is 0. The summed E-state index contributed by atoms with van der Waals surface area (Å²) in [5.41, 5.74) is 3.00. The third-order valence-corrected chi connectivity index (χ3v) is 3.22. The van der Waals surface area contributed by atoms with Crippen molar-refractivity contribution >= 4 is 23.8 Å². The molecular weight excluding hydrogens is 232 g/mol. The fourth-order valence-corrected chi connectivity index (χ4v) is 2.38. The molecule has 1 aromatic rings. The molecule has 94 valence electrons. The molecular formula is C13H15N2O3+. The fourth-order valence-electron chi connectivity index (χ4n) is 2.38.